The third-order valence-electron chi connectivity index (χ3n) is 3.44. The number of methoxy groups -OCH3 is 1. The SMILES string of the molecule is COc1ccc(S(=O)(=O)NCCC2CC2)c(CC(=O)O)c1. The lowest BCUT2D eigenvalue weighted by Gasteiger charge is -2.12. The van der Waals surface area contributed by atoms with E-state index in [1.807, 2.05) is 0 Å². The summed E-state index contributed by atoms with van der Waals surface area (Å²) in [6, 6.07) is 4.35. The fraction of sp³-hybridized carbons (Fsp3) is 0.500. The molecule has 0 radical (unpaired) electrons. The highest BCUT2D eigenvalue weighted by molar-refractivity contribution is 7.89. The van der Waals surface area contributed by atoms with Crippen LogP contribution in [0.2, 0.25) is 0 Å². The van der Waals surface area contributed by atoms with Gasteiger partial charge < -0.3 is 9.84 Å². The van der Waals surface area contributed by atoms with Crippen molar-refractivity contribution in [1.82, 2.24) is 4.72 Å². The van der Waals surface area contributed by atoms with Crippen LogP contribution in [0.5, 0.6) is 5.75 Å². The lowest BCUT2D eigenvalue weighted by atomic mass is 10.1. The van der Waals surface area contributed by atoms with Crippen molar-refractivity contribution in [3.63, 3.8) is 0 Å². The van der Waals surface area contributed by atoms with Gasteiger partial charge in [-0.05, 0) is 36.1 Å². The number of aliphatic carboxylic acids is 1. The minimum Gasteiger partial charge on any atom is -0.497 e. The van der Waals surface area contributed by atoms with Gasteiger partial charge in [-0.2, -0.15) is 0 Å². The number of carbonyl (C=O) groups is 1. The van der Waals surface area contributed by atoms with Gasteiger partial charge >= 0.3 is 5.97 Å². The Morgan fingerprint density at radius 1 is 1.43 bits per heavy atom. The Balaban J connectivity index is 2.20. The largest absolute Gasteiger partial charge is 0.497 e. The molecule has 2 rings (SSSR count). The van der Waals surface area contributed by atoms with Crippen LogP contribution >= 0.6 is 0 Å². The van der Waals surface area contributed by atoms with Crippen LogP contribution in [0.3, 0.4) is 0 Å². The first-order valence-corrected chi connectivity index (χ1v) is 8.29. The maximum Gasteiger partial charge on any atom is 0.307 e. The van der Waals surface area contributed by atoms with Crippen LogP contribution in [0.25, 0.3) is 0 Å². The number of hydrogen-bond donors (Lipinski definition) is 2. The molecule has 1 aromatic carbocycles. The van der Waals surface area contributed by atoms with Gasteiger partial charge in [-0.25, -0.2) is 13.1 Å². The highest BCUT2D eigenvalue weighted by Crippen LogP contribution is 2.32. The number of rotatable bonds is 8. The number of carboxylic acids is 1. The Morgan fingerprint density at radius 2 is 2.14 bits per heavy atom. The van der Waals surface area contributed by atoms with Crippen molar-refractivity contribution in [2.75, 3.05) is 13.7 Å². The summed E-state index contributed by atoms with van der Waals surface area (Å²) in [5.74, 6) is -0.0251. The number of sulfonamides is 1. The standard InChI is InChI=1S/C14H19NO5S/c1-20-12-4-5-13(11(8-12)9-14(16)17)21(18,19)15-7-6-10-2-3-10/h4-5,8,10,15H,2-3,6-7,9H2,1H3,(H,16,17). The van der Waals surface area contributed by atoms with Crippen LogP contribution in [0.4, 0.5) is 0 Å². The summed E-state index contributed by atoms with van der Waals surface area (Å²) in [7, 11) is -2.25. The molecule has 0 unspecified atom stereocenters. The third kappa shape index (κ3) is 4.44. The summed E-state index contributed by atoms with van der Waals surface area (Å²) in [6.07, 6.45) is 2.78. The lowest BCUT2D eigenvalue weighted by Crippen LogP contribution is -2.26. The molecule has 0 atom stereocenters. The molecule has 0 aromatic heterocycles. The first-order valence-electron chi connectivity index (χ1n) is 6.81. The second-order valence-corrected chi connectivity index (χ2v) is 6.91. The van der Waals surface area contributed by atoms with Crippen molar-refractivity contribution < 1.29 is 23.1 Å². The Labute approximate surface area is 124 Å². The Kier molecular flexibility index (Phi) is 4.84. The molecule has 1 aliphatic carbocycles. The molecular weight excluding hydrogens is 294 g/mol. The molecular formula is C14H19NO5S. The maximum absolute atomic E-state index is 12.3. The molecule has 0 spiro atoms. The van der Waals surface area contributed by atoms with Crippen molar-refractivity contribution in [1.29, 1.82) is 0 Å². The molecule has 116 valence electrons. The molecule has 0 aliphatic heterocycles. The van der Waals surface area contributed by atoms with Gasteiger partial charge in [0.25, 0.3) is 0 Å². The molecule has 0 bridgehead atoms. The van der Waals surface area contributed by atoms with Gasteiger partial charge in [0.15, 0.2) is 0 Å². The molecule has 0 amide bonds. The minimum atomic E-state index is -3.70. The fourth-order valence-corrected chi connectivity index (χ4v) is 3.39. The van der Waals surface area contributed by atoms with Crippen LogP contribution in [0.1, 0.15) is 24.8 Å². The highest BCUT2D eigenvalue weighted by Gasteiger charge is 2.24. The van der Waals surface area contributed by atoms with Gasteiger partial charge in [0, 0.05) is 6.54 Å². The van der Waals surface area contributed by atoms with Crippen molar-refractivity contribution in [3.8, 4) is 5.75 Å². The Hall–Kier alpha value is -1.60. The molecule has 6 nitrogen and oxygen atoms in total. The van der Waals surface area contributed by atoms with E-state index in [0.717, 1.165) is 19.3 Å². The normalized spacial score (nSPS) is 14.9. The van der Waals surface area contributed by atoms with E-state index in [1.165, 1.54) is 25.3 Å². The fourth-order valence-electron chi connectivity index (χ4n) is 2.13. The molecule has 1 aromatic rings. The molecule has 1 fully saturated rings. The van der Waals surface area contributed by atoms with Crippen molar-refractivity contribution in [2.24, 2.45) is 5.92 Å². The maximum atomic E-state index is 12.3. The smallest absolute Gasteiger partial charge is 0.307 e. The van der Waals surface area contributed by atoms with E-state index in [2.05, 4.69) is 4.72 Å². The summed E-state index contributed by atoms with van der Waals surface area (Å²) in [5.41, 5.74) is 0.223. The van der Waals surface area contributed by atoms with Crippen LogP contribution in [-0.2, 0) is 21.2 Å². The first-order chi connectivity index (χ1) is 9.92. The average Bonchev–Trinajstić information content (AvgIpc) is 3.21. The predicted molar refractivity (Wildman–Crippen MR) is 76.9 cm³/mol. The molecule has 1 saturated carbocycles. The number of benzene rings is 1. The molecule has 0 saturated heterocycles. The monoisotopic (exact) mass is 313 g/mol. The lowest BCUT2D eigenvalue weighted by molar-refractivity contribution is -0.136. The van der Waals surface area contributed by atoms with Gasteiger partial charge in [0.05, 0.1) is 18.4 Å². The minimum absolute atomic E-state index is 0.00139. The summed E-state index contributed by atoms with van der Waals surface area (Å²) >= 11 is 0. The summed E-state index contributed by atoms with van der Waals surface area (Å²) in [6.45, 7) is 0.380. The zero-order valence-corrected chi connectivity index (χ0v) is 12.6. The molecule has 7 heteroatoms. The van der Waals surface area contributed by atoms with Crippen molar-refractivity contribution in [2.45, 2.75) is 30.6 Å². The highest BCUT2D eigenvalue weighted by atomic mass is 32.2. The molecule has 0 heterocycles. The van der Waals surface area contributed by atoms with Gasteiger partial charge in [-0.1, -0.05) is 12.8 Å². The zero-order valence-electron chi connectivity index (χ0n) is 11.8. The van der Waals surface area contributed by atoms with Crippen LogP contribution in [0, 0.1) is 5.92 Å². The van der Waals surface area contributed by atoms with E-state index in [9.17, 15) is 13.2 Å². The second-order valence-electron chi connectivity index (χ2n) is 5.17. The van der Waals surface area contributed by atoms with E-state index in [1.54, 1.807) is 0 Å². The van der Waals surface area contributed by atoms with Crippen LogP contribution in [-0.4, -0.2) is 33.1 Å². The molecule has 1 aliphatic rings. The second kappa shape index (κ2) is 6.44. The van der Waals surface area contributed by atoms with Crippen molar-refractivity contribution in [3.05, 3.63) is 23.8 Å². The topological polar surface area (TPSA) is 92.7 Å². The number of hydrogen-bond acceptors (Lipinski definition) is 4. The van der Waals surface area contributed by atoms with Gasteiger partial charge in [0.1, 0.15) is 5.75 Å². The number of nitrogens with one attached hydrogen (secondary N) is 1. The Bertz CT molecular complexity index is 622. The number of ether oxygens (including phenoxy) is 1. The molecule has 2 N–H and O–H groups in total. The van der Waals surface area contributed by atoms with Gasteiger partial charge in [-0.15, -0.1) is 0 Å². The predicted octanol–water partition coefficient (Wildman–Crippen LogP) is 1.40. The van der Waals surface area contributed by atoms with Crippen LogP contribution in [0.15, 0.2) is 23.1 Å². The Morgan fingerprint density at radius 3 is 2.71 bits per heavy atom. The van der Waals surface area contributed by atoms with Gasteiger partial charge in [-0.3, -0.25) is 4.79 Å². The number of carboxylic acid groups (broad SMARTS) is 1. The quantitative estimate of drug-likeness (QED) is 0.757. The van der Waals surface area contributed by atoms with Crippen molar-refractivity contribution >= 4 is 16.0 Å². The first kappa shape index (κ1) is 15.8. The van der Waals surface area contributed by atoms with E-state index in [-0.39, 0.29) is 16.9 Å². The van der Waals surface area contributed by atoms with E-state index in [0.29, 0.717) is 18.2 Å². The average molecular weight is 313 g/mol. The summed E-state index contributed by atoms with van der Waals surface area (Å²) in [5, 5.41) is 8.92. The third-order valence-corrected chi connectivity index (χ3v) is 5.00. The zero-order chi connectivity index (χ0) is 15.5. The van der Waals surface area contributed by atoms with E-state index in [4.69, 9.17) is 9.84 Å². The molecule has 21 heavy (non-hydrogen) atoms. The van der Waals surface area contributed by atoms with Gasteiger partial charge in [0.2, 0.25) is 10.0 Å². The van der Waals surface area contributed by atoms with E-state index >= 15 is 0 Å². The van der Waals surface area contributed by atoms with E-state index < -0.39 is 16.0 Å². The summed E-state index contributed by atoms with van der Waals surface area (Å²) < 4.78 is 32.1. The summed E-state index contributed by atoms with van der Waals surface area (Å²) in [4.78, 5) is 10.9. The van der Waals surface area contributed by atoms with Crippen LogP contribution < -0.4 is 9.46 Å².